The Balaban J connectivity index is 2.55. The zero-order valence-corrected chi connectivity index (χ0v) is 14.8. The first-order chi connectivity index (χ1) is 11.4. The van der Waals surface area contributed by atoms with E-state index in [4.69, 9.17) is 26.3 Å². The number of alkyl halides is 1. The van der Waals surface area contributed by atoms with Gasteiger partial charge in [0.1, 0.15) is 5.76 Å². The van der Waals surface area contributed by atoms with Gasteiger partial charge in [-0.3, -0.25) is 0 Å². The normalized spacial score (nSPS) is 20.5. The first-order valence-corrected chi connectivity index (χ1v) is 10.1. The predicted octanol–water partition coefficient (Wildman–Crippen LogP) is -0.842. The highest BCUT2D eigenvalue weighted by Gasteiger charge is 2.58. The molecule has 0 fully saturated rings. The van der Waals surface area contributed by atoms with E-state index in [2.05, 4.69) is 5.32 Å². The SMILES string of the molecule is NS(=O)(=O)C1(S(N)(=O)=O)C=C(C(=O)O)C(NCc2ccco2)=CC1Cl. The molecule has 0 radical (unpaired) electrons. The van der Waals surface area contributed by atoms with Crippen molar-refractivity contribution < 1.29 is 31.2 Å². The fourth-order valence-corrected chi connectivity index (χ4v) is 5.83. The van der Waals surface area contributed by atoms with Crippen LogP contribution in [0.1, 0.15) is 5.76 Å². The first-order valence-electron chi connectivity index (χ1n) is 6.53. The third kappa shape index (κ3) is 3.43. The molecule has 0 bridgehead atoms. The largest absolute Gasteiger partial charge is 0.478 e. The molecular formula is C12H14ClN3O7S2. The van der Waals surface area contributed by atoms with Gasteiger partial charge < -0.3 is 14.8 Å². The Labute approximate surface area is 148 Å². The van der Waals surface area contributed by atoms with Gasteiger partial charge in [0.05, 0.1) is 23.8 Å². The topological polar surface area (TPSA) is 183 Å². The van der Waals surface area contributed by atoms with Crippen LogP contribution in [0.15, 0.2) is 46.2 Å². The number of sulfonamides is 2. The Bertz CT molecular complexity index is 917. The number of primary sulfonamides is 2. The van der Waals surface area contributed by atoms with Crippen LogP contribution in [0.4, 0.5) is 0 Å². The fourth-order valence-electron chi connectivity index (χ4n) is 2.28. The van der Waals surface area contributed by atoms with Gasteiger partial charge in [-0.15, -0.1) is 11.6 Å². The number of carboxylic acids is 1. The molecule has 6 N–H and O–H groups in total. The number of nitrogens with two attached hydrogens (primary N) is 2. The molecule has 1 heterocycles. The second-order valence-electron chi connectivity index (χ2n) is 5.09. The molecule has 25 heavy (non-hydrogen) atoms. The monoisotopic (exact) mass is 411 g/mol. The van der Waals surface area contributed by atoms with Crippen LogP contribution >= 0.6 is 11.6 Å². The molecule has 1 atom stereocenters. The number of nitrogens with one attached hydrogen (secondary N) is 1. The maximum atomic E-state index is 11.9. The van der Waals surface area contributed by atoms with E-state index in [0.717, 1.165) is 6.08 Å². The molecule has 138 valence electrons. The summed E-state index contributed by atoms with van der Waals surface area (Å²) >= 11 is 5.94. The maximum Gasteiger partial charge on any atom is 0.337 e. The molecule has 1 aliphatic carbocycles. The van der Waals surface area contributed by atoms with Crippen LogP contribution in [0.25, 0.3) is 0 Å². The molecular weight excluding hydrogens is 398 g/mol. The average Bonchev–Trinajstić information content (AvgIpc) is 2.95. The Morgan fingerprint density at radius 3 is 2.36 bits per heavy atom. The Hall–Kier alpha value is -1.86. The fraction of sp³-hybridized carbons (Fsp3) is 0.250. The smallest absolute Gasteiger partial charge is 0.337 e. The summed E-state index contributed by atoms with van der Waals surface area (Å²) in [5.74, 6) is -1.15. The highest BCUT2D eigenvalue weighted by atomic mass is 35.5. The van der Waals surface area contributed by atoms with E-state index in [1.54, 1.807) is 12.1 Å². The van der Waals surface area contributed by atoms with Crippen molar-refractivity contribution in [3.8, 4) is 0 Å². The lowest BCUT2D eigenvalue weighted by atomic mass is 10.0. The van der Waals surface area contributed by atoms with E-state index in [9.17, 15) is 26.7 Å². The van der Waals surface area contributed by atoms with E-state index in [-0.39, 0.29) is 12.2 Å². The molecule has 0 spiro atoms. The molecule has 0 aromatic carbocycles. The lowest BCUT2D eigenvalue weighted by molar-refractivity contribution is -0.132. The second kappa shape index (κ2) is 6.46. The number of hydrogen-bond donors (Lipinski definition) is 4. The van der Waals surface area contributed by atoms with Crippen LogP contribution in [0.3, 0.4) is 0 Å². The van der Waals surface area contributed by atoms with Gasteiger partial charge in [-0.1, -0.05) is 0 Å². The zero-order chi connectivity index (χ0) is 19.0. The molecule has 2 rings (SSSR count). The Morgan fingerprint density at radius 2 is 1.92 bits per heavy atom. The van der Waals surface area contributed by atoms with Crippen LogP contribution in [-0.2, 0) is 31.4 Å². The summed E-state index contributed by atoms with van der Waals surface area (Å²) in [6.07, 6.45) is 2.75. The average molecular weight is 412 g/mol. The minimum atomic E-state index is -4.92. The molecule has 1 unspecified atom stereocenters. The third-order valence-electron chi connectivity index (χ3n) is 3.49. The summed E-state index contributed by atoms with van der Waals surface area (Å²) in [5.41, 5.74) is -0.765. The molecule has 0 amide bonds. The molecule has 1 aliphatic rings. The van der Waals surface area contributed by atoms with Gasteiger partial charge in [0.25, 0.3) is 0 Å². The van der Waals surface area contributed by atoms with Crippen molar-refractivity contribution >= 4 is 37.6 Å². The molecule has 10 nitrogen and oxygen atoms in total. The van der Waals surface area contributed by atoms with Crippen LogP contribution in [-0.4, -0.2) is 37.4 Å². The zero-order valence-electron chi connectivity index (χ0n) is 12.4. The van der Waals surface area contributed by atoms with Crippen molar-refractivity contribution in [2.45, 2.75) is 16.0 Å². The van der Waals surface area contributed by atoms with E-state index in [1.165, 1.54) is 6.26 Å². The number of aliphatic carboxylic acids is 1. The van der Waals surface area contributed by atoms with E-state index in [1.807, 2.05) is 0 Å². The van der Waals surface area contributed by atoms with Crippen LogP contribution in [0.5, 0.6) is 0 Å². The first kappa shape index (κ1) is 19.5. The van der Waals surface area contributed by atoms with Crippen LogP contribution < -0.4 is 15.6 Å². The summed E-state index contributed by atoms with van der Waals surface area (Å²) in [6.45, 7) is 0.0464. The third-order valence-corrected chi connectivity index (χ3v) is 8.13. The molecule has 0 saturated heterocycles. The van der Waals surface area contributed by atoms with Crippen molar-refractivity contribution in [1.82, 2.24) is 5.32 Å². The van der Waals surface area contributed by atoms with Crippen LogP contribution in [0.2, 0.25) is 0 Å². The van der Waals surface area contributed by atoms with Crippen LogP contribution in [0, 0.1) is 0 Å². The lowest BCUT2D eigenvalue weighted by Crippen LogP contribution is -2.58. The minimum Gasteiger partial charge on any atom is -0.478 e. The van der Waals surface area contributed by atoms with Crippen molar-refractivity contribution in [2.24, 2.45) is 10.3 Å². The summed E-state index contributed by atoms with van der Waals surface area (Å²) in [5, 5.41) is 20.3. The Kier molecular flexibility index (Phi) is 5.03. The summed E-state index contributed by atoms with van der Waals surface area (Å²) in [4.78, 5) is 11.5. The standard InChI is InChI=1S/C12H14ClN3O7S2/c13-10-4-9(16-6-7-2-1-3-23-7)8(11(17)18)5-12(10,24(14,19)20)25(15,21)22/h1-5,10,16H,6H2,(H,17,18)(H2,14,19,20)(H2,15,21,22). The summed E-state index contributed by atoms with van der Waals surface area (Å²) < 4.78 is 49.7. The number of allylic oxidation sites excluding steroid dienone is 1. The molecule has 13 heteroatoms. The molecule has 0 saturated carbocycles. The van der Waals surface area contributed by atoms with E-state index in [0.29, 0.717) is 11.8 Å². The number of rotatable bonds is 6. The molecule has 0 aliphatic heterocycles. The minimum absolute atomic E-state index is 0.0464. The van der Waals surface area contributed by atoms with Gasteiger partial charge >= 0.3 is 5.97 Å². The van der Waals surface area contributed by atoms with Gasteiger partial charge in [0.2, 0.25) is 24.1 Å². The Morgan fingerprint density at radius 1 is 1.32 bits per heavy atom. The van der Waals surface area contributed by atoms with E-state index >= 15 is 0 Å². The lowest BCUT2D eigenvalue weighted by Gasteiger charge is -2.33. The summed E-state index contributed by atoms with van der Waals surface area (Å²) in [6, 6.07) is 3.22. The number of furan rings is 1. The highest BCUT2D eigenvalue weighted by Crippen LogP contribution is 2.37. The van der Waals surface area contributed by atoms with E-state index < -0.39 is 41.0 Å². The molecule has 1 aromatic rings. The highest BCUT2D eigenvalue weighted by molar-refractivity contribution is 8.08. The molecule has 1 aromatic heterocycles. The maximum absolute atomic E-state index is 11.9. The number of carboxylic acid groups (broad SMARTS) is 1. The predicted molar refractivity (Wildman–Crippen MR) is 87.9 cm³/mol. The quantitative estimate of drug-likeness (QED) is 0.436. The number of hydrogen-bond acceptors (Lipinski definition) is 7. The summed E-state index contributed by atoms with van der Waals surface area (Å²) in [7, 11) is -9.84. The van der Waals surface area contributed by atoms with Crippen molar-refractivity contribution in [1.29, 1.82) is 0 Å². The second-order valence-corrected chi connectivity index (χ2v) is 9.35. The van der Waals surface area contributed by atoms with Crippen molar-refractivity contribution in [2.75, 3.05) is 0 Å². The van der Waals surface area contributed by atoms with Gasteiger partial charge in [-0.2, -0.15) is 0 Å². The van der Waals surface area contributed by atoms with Gasteiger partial charge in [-0.25, -0.2) is 31.9 Å². The van der Waals surface area contributed by atoms with Crippen molar-refractivity contribution in [3.05, 3.63) is 47.6 Å². The number of carbonyl (C=O) groups is 1. The van der Waals surface area contributed by atoms with Gasteiger partial charge in [0, 0.05) is 5.70 Å². The number of halogens is 1. The van der Waals surface area contributed by atoms with Gasteiger partial charge in [-0.05, 0) is 24.3 Å². The van der Waals surface area contributed by atoms with Gasteiger partial charge in [0.15, 0.2) is 0 Å². The van der Waals surface area contributed by atoms with Crippen molar-refractivity contribution in [3.63, 3.8) is 0 Å².